The lowest BCUT2D eigenvalue weighted by atomic mass is 10.3. The van der Waals surface area contributed by atoms with E-state index in [1.807, 2.05) is 25.5 Å². The maximum atomic E-state index is 10.9. The summed E-state index contributed by atoms with van der Waals surface area (Å²) in [6.07, 6.45) is 0.834. The number of aromatic nitrogens is 2. The maximum Gasteiger partial charge on any atom is 0.380 e. The van der Waals surface area contributed by atoms with Crippen LogP contribution in [0.4, 0.5) is 0 Å². The Kier molecular flexibility index (Phi) is 2.40. The molecule has 4 nitrogen and oxygen atoms in total. The molecule has 1 heterocycles. The van der Waals surface area contributed by atoms with Crippen molar-refractivity contribution >= 4 is 5.97 Å². The fraction of sp³-hybridized carbons (Fsp3) is 0.556. The van der Waals surface area contributed by atoms with Crippen molar-refractivity contribution in [2.75, 3.05) is 0 Å². The van der Waals surface area contributed by atoms with Gasteiger partial charge < -0.3 is 5.11 Å². The van der Waals surface area contributed by atoms with E-state index in [0.717, 1.165) is 17.9 Å². The van der Waals surface area contributed by atoms with Crippen LogP contribution in [0.25, 0.3) is 0 Å². The van der Waals surface area contributed by atoms with E-state index in [2.05, 4.69) is 0 Å². The van der Waals surface area contributed by atoms with Crippen molar-refractivity contribution in [3.05, 3.63) is 17.2 Å². The Hall–Kier alpha value is -1.32. The van der Waals surface area contributed by atoms with Crippen molar-refractivity contribution in [3.8, 4) is 0 Å². The highest BCUT2D eigenvalue weighted by Gasteiger charge is 2.26. The van der Waals surface area contributed by atoms with Crippen LogP contribution < -0.4 is 4.57 Å². The van der Waals surface area contributed by atoms with Crippen molar-refractivity contribution in [2.24, 2.45) is 14.1 Å². The quantitative estimate of drug-likeness (QED) is 0.675. The first kappa shape index (κ1) is 9.77. The Labute approximate surface area is 77.4 Å². The van der Waals surface area contributed by atoms with Gasteiger partial charge in [-0.25, -0.2) is 13.9 Å². The molecule has 1 rings (SSSR count). The highest BCUT2D eigenvalue weighted by atomic mass is 16.4. The largest absolute Gasteiger partial charge is 0.475 e. The van der Waals surface area contributed by atoms with Crippen LogP contribution >= 0.6 is 0 Å². The predicted molar refractivity (Wildman–Crippen MR) is 47.7 cm³/mol. The molecule has 13 heavy (non-hydrogen) atoms. The fourth-order valence-electron chi connectivity index (χ4n) is 1.72. The Balaban J connectivity index is 3.45. The Morgan fingerprint density at radius 1 is 1.62 bits per heavy atom. The fourth-order valence-corrected chi connectivity index (χ4v) is 1.72. The molecule has 1 N–H and O–H groups in total. The normalized spacial score (nSPS) is 10.5. The van der Waals surface area contributed by atoms with Gasteiger partial charge in [-0.1, -0.05) is 6.92 Å². The molecule has 0 unspecified atom stereocenters. The molecule has 4 heteroatoms. The number of imidazole rings is 1. The van der Waals surface area contributed by atoms with Gasteiger partial charge in [0.2, 0.25) is 0 Å². The van der Waals surface area contributed by atoms with Gasteiger partial charge in [0.05, 0.1) is 14.1 Å². The summed E-state index contributed by atoms with van der Waals surface area (Å²) in [6, 6.07) is 0. The smallest absolute Gasteiger partial charge is 0.380 e. The summed E-state index contributed by atoms with van der Waals surface area (Å²) in [6.45, 7) is 3.84. The number of rotatable bonds is 2. The molecule has 0 fully saturated rings. The number of hydrogen-bond acceptors (Lipinski definition) is 1. The van der Waals surface area contributed by atoms with Gasteiger partial charge in [-0.2, -0.15) is 0 Å². The van der Waals surface area contributed by atoms with E-state index in [-0.39, 0.29) is 0 Å². The molecule has 1 aromatic rings. The highest BCUT2D eigenvalue weighted by molar-refractivity contribution is 5.84. The van der Waals surface area contributed by atoms with Crippen LogP contribution in [0, 0.1) is 6.92 Å². The first-order valence-electron chi connectivity index (χ1n) is 4.28. The second kappa shape index (κ2) is 3.20. The lowest BCUT2D eigenvalue weighted by molar-refractivity contribution is -0.681. The first-order chi connectivity index (χ1) is 6.00. The van der Waals surface area contributed by atoms with Gasteiger partial charge in [0.15, 0.2) is 5.69 Å². The molecule has 0 aliphatic rings. The molecular formula is C9H15N2O2+. The van der Waals surface area contributed by atoms with Gasteiger partial charge in [-0.3, -0.25) is 0 Å². The zero-order chi connectivity index (χ0) is 10.2. The molecule has 0 amide bonds. The van der Waals surface area contributed by atoms with E-state index in [1.165, 1.54) is 0 Å². The molecule has 72 valence electrons. The summed E-state index contributed by atoms with van der Waals surface area (Å²) in [5.74, 6) is 0.158. The topological polar surface area (TPSA) is 46.1 Å². The minimum atomic E-state index is -0.865. The molecule has 0 bridgehead atoms. The zero-order valence-electron chi connectivity index (χ0n) is 8.46. The lowest BCUT2D eigenvalue weighted by Crippen LogP contribution is -2.38. The van der Waals surface area contributed by atoms with Gasteiger partial charge in [0, 0.05) is 13.3 Å². The summed E-state index contributed by atoms with van der Waals surface area (Å²) < 4.78 is 3.65. The van der Waals surface area contributed by atoms with E-state index >= 15 is 0 Å². The average Bonchev–Trinajstić information content (AvgIpc) is 2.24. The monoisotopic (exact) mass is 183 g/mol. The van der Waals surface area contributed by atoms with E-state index in [4.69, 9.17) is 5.11 Å². The van der Waals surface area contributed by atoms with E-state index in [0.29, 0.717) is 5.69 Å². The van der Waals surface area contributed by atoms with Crippen LogP contribution in [0.3, 0.4) is 0 Å². The third-order valence-corrected chi connectivity index (χ3v) is 2.47. The highest BCUT2D eigenvalue weighted by Crippen LogP contribution is 2.06. The van der Waals surface area contributed by atoms with Crippen molar-refractivity contribution in [3.63, 3.8) is 0 Å². The number of carboxylic acid groups (broad SMARTS) is 1. The van der Waals surface area contributed by atoms with E-state index in [1.54, 1.807) is 11.6 Å². The summed E-state index contributed by atoms with van der Waals surface area (Å²) in [5, 5.41) is 8.95. The molecule has 0 saturated heterocycles. The van der Waals surface area contributed by atoms with Gasteiger partial charge in [0.1, 0.15) is 0 Å². The van der Waals surface area contributed by atoms with Crippen molar-refractivity contribution in [1.29, 1.82) is 0 Å². The second-order valence-electron chi connectivity index (χ2n) is 3.13. The molecule has 0 aliphatic carbocycles. The van der Waals surface area contributed by atoms with Crippen LogP contribution in [-0.2, 0) is 20.5 Å². The van der Waals surface area contributed by atoms with Crippen molar-refractivity contribution in [1.82, 2.24) is 4.57 Å². The zero-order valence-corrected chi connectivity index (χ0v) is 8.46. The molecule has 1 aromatic heterocycles. The minimum absolute atomic E-state index is 0.374. The molecule has 0 aromatic carbocycles. The van der Waals surface area contributed by atoms with Crippen LogP contribution in [0.1, 0.15) is 28.9 Å². The number of nitrogens with zero attached hydrogens (tertiary/aromatic N) is 2. The summed E-state index contributed by atoms with van der Waals surface area (Å²) in [7, 11) is 3.68. The van der Waals surface area contributed by atoms with Crippen molar-refractivity contribution in [2.45, 2.75) is 20.3 Å². The third kappa shape index (κ3) is 1.32. The SMILES string of the molecule is CCc1n(C)c(C)c(C(=O)O)[n+]1C. The van der Waals surface area contributed by atoms with E-state index < -0.39 is 5.97 Å². The second-order valence-corrected chi connectivity index (χ2v) is 3.13. The molecule has 0 radical (unpaired) electrons. The Bertz CT molecular complexity index is 353. The maximum absolute atomic E-state index is 10.9. The summed E-state index contributed by atoms with van der Waals surface area (Å²) in [5.41, 5.74) is 1.17. The first-order valence-corrected chi connectivity index (χ1v) is 4.28. The Morgan fingerprint density at radius 2 is 2.15 bits per heavy atom. The standard InChI is InChI=1S/C9H14N2O2/c1-5-7-10(3)6(2)8(9(12)13)11(7)4/h5H2,1-4H3/p+1. The van der Waals surface area contributed by atoms with Crippen LogP contribution in [-0.4, -0.2) is 15.6 Å². The van der Waals surface area contributed by atoms with E-state index in [9.17, 15) is 4.79 Å². The van der Waals surface area contributed by atoms with Crippen LogP contribution in [0.15, 0.2) is 0 Å². The Morgan fingerprint density at radius 3 is 2.38 bits per heavy atom. The minimum Gasteiger partial charge on any atom is -0.475 e. The third-order valence-electron chi connectivity index (χ3n) is 2.47. The van der Waals surface area contributed by atoms with Crippen molar-refractivity contribution < 1.29 is 14.5 Å². The predicted octanol–water partition coefficient (Wildman–Crippen LogP) is 0.419. The van der Waals surface area contributed by atoms with Gasteiger partial charge in [-0.05, 0) is 0 Å². The molecule has 0 atom stereocenters. The molecular weight excluding hydrogens is 168 g/mol. The lowest BCUT2D eigenvalue weighted by Gasteiger charge is -1.92. The van der Waals surface area contributed by atoms with Crippen LogP contribution in [0.5, 0.6) is 0 Å². The van der Waals surface area contributed by atoms with Gasteiger partial charge in [-0.15, -0.1) is 0 Å². The number of carboxylic acids is 1. The number of carbonyl (C=O) groups is 1. The number of hydrogen-bond donors (Lipinski definition) is 1. The summed E-state index contributed by atoms with van der Waals surface area (Å²) >= 11 is 0. The molecule has 0 aliphatic heterocycles. The summed E-state index contributed by atoms with van der Waals surface area (Å²) in [4.78, 5) is 10.9. The van der Waals surface area contributed by atoms with Crippen LogP contribution in [0.2, 0.25) is 0 Å². The number of aromatic carboxylic acids is 1. The average molecular weight is 183 g/mol. The molecule has 0 saturated carbocycles. The molecule has 0 spiro atoms. The van der Waals surface area contributed by atoms with Gasteiger partial charge in [0.25, 0.3) is 11.5 Å². The van der Waals surface area contributed by atoms with Gasteiger partial charge >= 0.3 is 5.97 Å².